The van der Waals surface area contributed by atoms with Crippen LogP contribution in [0.2, 0.25) is 0 Å². The van der Waals surface area contributed by atoms with Crippen LogP contribution in [0.5, 0.6) is 5.88 Å². The van der Waals surface area contributed by atoms with Gasteiger partial charge in [-0.1, -0.05) is 0 Å². The van der Waals surface area contributed by atoms with Crippen LogP contribution in [0.15, 0.2) is 6.33 Å². The molecule has 0 fully saturated rings. The van der Waals surface area contributed by atoms with E-state index in [9.17, 15) is 8.42 Å². The van der Waals surface area contributed by atoms with E-state index in [2.05, 4.69) is 15.0 Å². The van der Waals surface area contributed by atoms with Gasteiger partial charge in [-0.3, -0.25) is 0 Å². The van der Waals surface area contributed by atoms with Crippen molar-refractivity contribution in [2.45, 2.75) is 6.54 Å². The number of hydrogen-bond donors (Lipinski definition) is 1. The topological polar surface area (TPSA) is 89.9 Å². The molecule has 0 aliphatic rings. The molecule has 0 bridgehead atoms. The van der Waals surface area contributed by atoms with Crippen LogP contribution in [0, 0.1) is 4.77 Å². The minimum atomic E-state index is -3.06. The maximum Gasteiger partial charge on any atom is 0.242 e. The molecule has 0 saturated heterocycles. The molecule has 0 atom stereocenters. The molecule has 18 heavy (non-hydrogen) atoms. The molecule has 98 valence electrons. The summed E-state index contributed by atoms with van der Waals surface area (Å²) >= 11 is 5.14. The first-order valence-corrected chi connectivity index (χ1v) is 7.54. The van der Waals surface area contributed by atoms with Gasteiger partial charge in [0.25, 0.3) is 0 Å². The number of H-pyrrole nitrogens is 1. The van der Waals surface area contributed by atoms with E-state index in [4.69, 9.17) is 17.0 Å². The van der Waals surface area contributed by atoms with Gasteiger partial charge in [0, 0.05) is 12.8 Å². The van der Waals surface area contributed by atoms with Crippen LogP contribution in [-0.4, -0.2) is 47.1 Å². The maximum atomic E-state index is 11.2. The van der Waals surface area contributed by atoms with Crippen LogP contribution in [0.3, 0.4) is 0 Å². The van der Waals surface area contributed by atoms with Crippen molar-refractivity contribution in [1.29, 1.82) is 0 Å². The molecule has 0 unspecified atom stereocenters. The second-order valence-electron chi connectivity index (χ2n) is 3.79. The number of aryl methyl sites for hydroxylation is 1. The summed E-state index contributed by atoms with van der Waals surface area (Å²) in [7, 11) is -1.56. The molecular weight excluding hydrogens is 276 g/mol. The van der Waals surface area contributed by atoms with Crippen LogP contribution >= 0.6 is 12.2 Å². The van der Waals surface area contributed by atoms with Gasteiger partial charge in [-0.2, -0.15) is 4.98 Å². The third-order valence-electron chi connectivity index (χ3n) is 2.40. The van der Waals surface area contributed by atoms with E-state index >= 15 is 0 Å². The number of fused-ring (bicyclic) bond motifs is 1. The van der Waals surface area contributed by atoms with Crippen molar-refractivity contribution in [2.75, 3.05) is 19.1 Å². The van der Waals surface area contributed by atoms with Crippen molar-refractivity contribution in [3.05, 3.63) is 11.1 Å². The molecule has 0 radical (unpaired) electrons. The van der Waals surface area contributed by atoms with Gasteiger partial charge in [0.2, 0.25) is 5.88 Å². The highest BCUT2D eigenvalue weighted by Gasteiger charge is 2.12. The summed E-state index contributed by atoms with van der Waals surface area (Å²) in [5, 5.41) is 0. The number of hydrogen-bond acceptors (Lipinski definition) is 6. The lowest BCUT2D eigenvalue weighted by atomic mass is 10.5. The first-order valence-electron chi connectivity index (χ1n) is 5.07. The Hall–Kier alpha value is -1.48. The Kier molecular flexibility index (Phi) is 3.35. The fourth-order valence-corrected chi connectivity index (χ4v) is 2.36. The van der Waals surface area contributed by atoms with Crippen molar-refractivity contribution < 1.29 is 13.2 Å². The number of methoxy groups -OCH3 is 1. The van der Waals surface area contributed by atoms with Gasteiger partial charge in [-0.25, -0.2) is 13.4 Å². The summed E-state index contributed by atoms with van der Waals surface area (Å²) in [6.45, 7) is 0.248. The van der Waals surface area contributed by atoms with Gasteiger partial charge in [0.1, 0.15) is 21.7 Å². The first-order chi connectivity index (χ1) is 8.42. The maximum absolute atomic E-state index is 11.2. The van der Waals surface area contributed by atoms with E-state index in [0.717, 1.165) is 0 Å². The Bertz CT molecular complexity index is 732. The number of aromatic amines is 1. The van der Waals surface area contributed by atoms with Crippen molar-refractivity contribution >= 4 is 33.2 Å². The van der Waals surface area contributed by atoms with E-state index in [-0.39, 0.29) is 12.3 Å². The van der Waals surface area contributed by atoms with E-state index in [1.165, 1.54) is 19.7 Å². The molecule has 0 amide bonds. The predicted molar refractivity (Wildman–Crippen MR) is 69.0 cm³/mol. The number of imidazole rings is 1. The smallest absolute Gasteiger partial charge is 0.242 e. The molecule has 2 heterocycles. The standard InChI is InChI=1S/C9H12N4O3S2/c1-16-8-6-7(10-5-11-8)13(9(17)12-6)3-4-18(2,14)15/h5H,3-4H2,1-2H3,(H,12,17). The van der Waals surface area contributed by atoms with E-state index in [1.54, 1.807) is 4.57 Å². The minimum absolute atomic E-state index is 0.000574. The van der Waals surface area contributed by atoms with Crippen LogP contribution in [0.25, 0.3) is 11.2 Å². The van der Waals surface area contributed by atoms with E-state index in [0.29, 0.717) is 21.8 Å². The number of ether oxygens (including phenoxy) is 1. The highest BCUT2D eigenvalue weighted by atomic mass is 32.2. The van der Waals surface area contributed by atoms with E-state index < -0.39 is 9.84 Å². The van der Waals surface area contributed by atoms with Crippen LogP contribution in [-0.2, 0) is 16.4 Å². The van der Waals surface area contributed by atoms with Crippen molar-refractivity contribution in [3.63, 3.8) is 0 Å². The van der Waals surface area contributed by atoms with Crippen molar-refractivity contribution in [1.82, 2.24) is 19.5 Å². The number of nitrogens with zero attached hydrogens (tertiary/aromatic N) is 3. The Morgan fingerprint density at radius 2 is 2.22 bits per heavy atom. The summed E-state index contributed by atoms with van der Waals surface area (Å²) in [6.07, 6.45) is 2.53. The zero-order valence-electron chi connectivity index (χ0n) is 9.87. The second-order valence-corrected chi connectivity index (χ2v) is 6.44. The highest BCUT2D eigenvalue weighted by Crippen LogP contribution is 2.19. The molecule has 0 aliphatic carbocycles. The molecule has 9 heteroatoms. The molecular formula is C9H12N4O3S2. The number of aromatic nitrogens is 4. The molecule has 2 aromatic rings. The molecule has 0 aliphatic heterocycles. The molecule has 1 N–H and O–H groups in total. The number of nitrogens with one attached hydrogen (secondary N) is 1. The van der Waals surface area contributed by atoms with Crippen molar-refractivity contribution in [3.8, 4) is 5.88 Å². The fourth-order valence-electron chi connectivity index (χ4n) is 1.56. The Morgan fingerprint density at radius 1 is 1.50 bits per heavy atom. The SMILES string of the molecule is COc1ncnc2c1[nH]c(=S)n2CCS(C)(=O)=O. The predicted octanol–water partition coefficient (Wildman–Crippen LogP) is 0.542. The summed E-state index contributed by atoms with van der Waals surface area (Å²) in [6, 6.07) is 0. The Balaban J connectivity index is 2.51. The van der Waals surface area contributed by atoms with Gasteiger partial charge < -0.3 is 14.3 Å². The molecule has 0 spiro atoms. The minimum Gasteiger partial charge on any atom is -0.479 e. The molecule has 2 rings (SSSR count). The molecule has 0 aromatic carbocycles. The summed E-state index contributed by atoms with van der Waals surface area (Å²) in [4.78, 5) is 11.0. The average molecular weight is 288 g/mol. The van der Waals surface area contributed by atoms with Crippen LogP contribution < -0.4 is 4.74 Å². The quantitative estimate of drug-likeness (QED) is 0.826. The van der Waals surface area contributed by atoms with Gasteiger partial charge >= 0.3 is 0 Å². The van der Waals surface area contributed by atoms with Gasteiger partial charge in [0.05, 0.1) is 12.9 Å². The fraction of sp³-hybridized carbons (Fsp3) is 0.444. The Labute approximate surface area is 109 Å². The van der Waals surface area contributed by atoms with Gasteiger partial charge in [0.15, 0.2) is 10.4 Å². The zero-order chi connectivity index (χ0) is 13.3. The summed E-state index contributed by atoms with van der Waals surface area (Å²) in [5.74, 6) is 0.379. The Morgan fingerprint density at radius 3 is 2.83 bits per heavy atom. The average Bonchev–Trinajstić information content (AvgIpc) is 2.61. The molecule has 7 nitrogen and oxygen atoms in total. The third-order valence-corrected chi connectivity index (χ3v) is 3.65. The monoisotopic (exact) mass is 288 g/mol. The first kappa shape index (κ1) is 13.0. The largest absolute Gasteiger partial charge is 0.479 e. The lowest BCUT2D eigenvalue weighted by molar-refractivity contribution is 0.401. The van der Waals surface area contributed by atoms with Gasteiger partial charge in [-0.05, 0) is 12.2 Å². The third kappa shape index (κ3) is 2.51. The van der Waals surface area contributed by atoms with E-state index in [1.807, 2.05) is 0 Å². The lowest BCUT2D eigenvalue weighted by Gasteiger charge is -2.03. The molecule has 2 aromatic heterocycles. The number of sulfone groups is 1. The molecule has 0 saturated carbocycles. The summed E-state index contributed by atoms with van der Waals surface area (Å²) < 4.78 is 29.5. The normalized spacial score (nSPS) is 11.9. The van der Waals surface area contributed by atoms with Crippen molar-refractivity contribution in [2.24, 2.45) is 0 Å². The number of rotatable bonds is 4. The highest BCUT2D eigenvalue weighted by molar-refractivity contribution is 7.90. The van der Waals surface area contributed by atoms with Crippen LogP contribution in [0.4, 0.5) is 0 Å². The second kappa shape index (κ2) is 4.65. The van der Waals surface area contributed by atoms with Gasteiger partial charge in [-0.15, -0.1) is 0 Å². The lowest BCUT2D eigenvalue weighted by Crippen LogP contribution is -2.11. The zero-order valence-corrected chi connectivity index (χ0v) is 11.5. The van der Waals surface area contributed by atoms with Crippen LogP contribution in [0.1, 0.15) is 0 Å². The summed E-state index contributed by atoms with van der Waals surface area (Å²) in [5.41, 5.74) is 1.11.